The fourth-order valence-corrected chi connectivity index (χ4v) is 4.27. The first kappa shape index (κ1) is 23.7. The molecule has 0 fully saturated rings. The molecule has 3 rings (SSSR count). The molecule has 2 aromatic carbocycles. The SMILES string of the molecule is Cn1c(=O)n(C)c2cc(NC(=O)CN(c3ccc(Cl)c(C(F)(F)F)c3)S(C)(=O)=O)ccc21. The molecule has 1 N–H and O–H groups in total. The largest absolute Gasteiger partial charge is 0.417 e. The van der Waals surface area contributed by atoms with Crippen LogP contribution in [0.15, 0.2) is 41.2 Å². The molecule has 1 aromatic heterocycles. The van der Waals surface area contributed by atoms with Gasteiger partial charge in [0.1, 0.15) is 6.54 Å². The number of aryl methyl sites for hydroxylation is 2. The van der Waals surface area contributed by atoms with Crippen molar-refractivity contribution in [3.8, 4) is 0 Å². The number of aromatic nitrogens is 2. The Balaban J connectivity index is 1.91. The molecule has 0 atom stereocenters. The molecular formula is C19H18ClF3N4O4S. The van der Waals surface area contributed by atoms with Crippen LogP contribution in [0.2, 0.25) is 5.02 Å². The van der Waals surface area contributed by atoms with Crippen LogP contribution >= 0.6 is 11.6 Å². The number of anilines is 2. The van der Waals surface area contributed by atoms with Gasteiger partial charge in [0.15, 0.2) is 0 Å². The third-order valence-corrected chi connectivity index (χ3v) is 6.26. The number of benzene rings is 2. The standard InChI is InChI=1S/C19H18ClF3N4O4S/c1-25-15-7-4-11(8-16(15)26(2)18(25)29)24-17(28)10-27(32(3,30)31)12-5-6-14(20)13(9-12)19(21,22)23/h4-9H,10H2,1-3H3,(H,24,28). The van der Waals surface area contributed by atoms with Crippen molar-refractivity contribution >= 4 is 49.9 Å². The maximum absolute atomic E-state index is 13.2. The van der Waals surface area contributed by atoms with Gasteiger partial charge in [0.2, 0.25) is 15.9 Å². The fourth-order valence-electron chi connectivity index (χ4n) is 3.20. The summed E-state index contributed by atoms with van der Waals surface area (Å²) in [4.78, 5) is 24.6. The minimum atomic E-state index is -4.81. The van der Waals surface area contributed by atoms with Crippen molar-refractivity contribution in [3.63, 3.8) is 0 Å². The summed E-state index contributed by atoms with van der Waals surface area (Å²) in [6.45, 7) is -0.774. The summed E-state index contributed by atoms with van der Waals surface area (Å²) in [5, 5.41) is 1.90. The molecular weight excluding hydrogens is 473 g/mol. The molecule has 3 aromatic rings. The van der Waals surface area contributed by atoms with Crippen LogP contribution < -0.4 is 15.3 Å². The molecule has 0 aliphatic heterocycles. The van der Waals surface area contributed by atoms with Gasteiger partial charge in [-0.25, -0.2) is 13.2 Å². The Morgan fingerprint density at radius 2 is 1.72 bits per heavy atom. The lowest BCUT2D eigenvalue weighted by Crippen LogP contribution is -2.37. The molecule has 172 valence electrons. The monoisotopic (exact) mass is 490 g/mol. The van der Waals surface area contributed by atoms with Gasteiger partial charge in [-0.1, -0.05) is 11.6 Å². The van der Waals surface area contributed by atoms with Gasteiger partial charge in [-0.15, -0.1) is 0 Å². The van der Waals surface area contributed by atoms with Gasteiger partial charge in [-0.05, 0) is 36.4 Å². The summed E-state index contributed by atoms with van der Waals surface area (Å²) >= 11 is 5.59. The quantitative estimate of drug-likeness (QED) is 0.595. The summed E-state index contributed by atoms with van der Waals surface area (Å²) in [5.74, 6) is -0.792. The molecule has 0 spiro atoms. The summed E-state index contributed by atoms with van der Waals surface area (Å²) in [6.07, 6.45) is -4.03. The van der Waals surface area contributed by atoms with E-state index in [1.54, 1.807) is 20.2 Å². The molecule has 0 saturated heterocycles. The van der Waals surface area contributed by atoms with Crippen LogP contribution in [0.1, 0.15) is 5.56 Å². The number of alkyl halides is 3. The van der Waals surface area contributed by atoms with Crippen LogP contribution in [0.25, 0.3) is 11.0 Å². The highest BCUT2D eigenvalue weighted by Gasteiger charge is 2.34. The van der Waals surface area contributed by atoms with Crippen LogP contribution in [0.5, 0.6) is 0 Å². The van der Waals surface area contributed by atoms with Crippen LogP contribution in [-0.4, -0.2) is 36.3 Å². The normalized spacial score (nSPS) is 12.2. The number of fused-ring (bicyclic) bond motifs is 1. The van der Waals surface area contributed by atoms with E-state index in [4.69, 9.17) is 11.6 Å². The Hall–Kier alpha value is -2.99. The number of carbonyl (C=O) groups is 1. The van der Waals surface area contributed by atoms with E-state index in [0.717, 1.165) is 18.4 Å². The topological polar surface area (TPSA) is 93.4 Å². The number of imidazole rings is 1. The number of nitrogens with one attached hydrogen (secondary N) is 1. The van der Waals surface area contributed by atoms with Gasteiger partial charge in [-0.3, -0.25) is 18.2 Å². The summed E-state index contributed by atoms with van der Waals surface area (Å²) in [6, 6.07) is 7.23. The number of rotatable bonds is 5. The molecule has 0 aliphatic carbocycles. The van der Waals surface area contributed by atoms with Crippen molar-refractivity contribution < 1.29 is 26.4 Å². The predicted molar refractivity (Wildman–Crippen MR) is 115 cm³/mol. The minimum absolute atomic E-state index is 0.269. The Bertz CT molecular complexity index is 1380. The third kappa shape index (κ3) is 4.60. The molecule has 8 nitrogen and oxygen atoms in total. The summed E-state index contributed by atoms with van der Waals surface area (Å²) < 4.78 is 67.3. The van der Waals surface area contributed by atoms with Crippen molar-refractivity contribution in [3.05, 3.63) is 57.5 Å². The number of halogens is 4. The molecule has 0 bridgehead atoms. The van der Waals surface area contributed by atoms with E-state index in [0.29, 0.717) is 21.4 Å². The highest BCUT2D eigenvalue weighted by atomic mass is 35.5. The van der Waals surface area contributed by atoms with E-state index in [2.05, 4.69) is 5.32 Å². The lowest BCUT2D eigenvalue weighted by Gasteiger charge is -2.23. The van der Waals surface area contributed by atoms with Gasteiger partial charge in [-0.2, -0.15) is 13.2 Å². The van der Waals surface area contributed by atoms with Gasteiger partial charge in [0.25, 0.3) is 0 Å². The Labute approximate surface area is 185 Å². The average Bonchev–Trinajstić information content (AvgIpc) is 2.89. The molecule has 0 saturated carbocycles. The zero-order valence-electron chi connectivity index (χ0n) is 17.1. The second-order valence-electron chi connectivity index (χ2n) is 7.08. The molecule has 0 unspecified atom stereocenters. The van der Waals surface area contributed by atoms with Gasteiger partial charge < -0.3 is 5.32 Å². The van der Waals surface area contributed by atoms with E-state index in [9.17, 15) is 31.2 Å². The van der Waals surface area contributed by atoms with E-state index < -0.39 is 39.2 Å². The van der Waals surface area contributed by atoms with Crippen molar-refractivity contribution in [1.29, 1.82) is 0 Å². The van der Waals surface area contributed by atoms with Crippen LogP contribution in [0, 0.1) is 0 Å². The van der Waals surface area contributed by atoms with Gasteiger partial charge in [0.05, 0.1) is 33.6 Å². The van der Waals surface area contributed by atoms with Crippen molar-refractivity contribution in [2.75, 3.05) is 22.4 Å². The van der Waals surface area contributed by atoms with Crippen LogP contribution in [0.4, 0.5) is 24.5 Å². The Kier molecular flexibility index (Phi) is 6.04. The average molecular weight is 491 g/mol. The first-order valence-corrected chi connectivity index (χ1v) is 11.2. The van der Waals surface area contributed by atoms with Crippen molar-refractivity contribution in [2.24, 2.45) is 14.1 Å². The van der Waals surface area contributed by atoms with Crippen molar-refractivity contribution in [1.82, 2.24) is 9.13 Å². The fraction of sp³-hybridized carbons (Fsp3) is 0.263. The number of amides is 1. The lowest BCUT2D eigenvalue weighted by molar-refractivity contribution is -0.137. The van der Waals surface area contributed by atoms with E-state index in [1.807, 2.05) is 0 Å². The van der Waals surface area contributed by atoms with E-state index in [1.165, 1.54) is 21.3 Å². The number of sulfonamides is 1. The second-order valence-corrected chi connectivity index (χ2v) is 9.40. The van der Waals surface area contributed by atoms with Crippen molar-refractivity contribution in [2.45, 2.75) is 6.18 Å². The van der Waals surface area contributed by atoms with Crippen LogP contribution in [0.3, 0.4) is 0 Å². The first-order chi connectivity index (χ1) is 14.7. The van der Waals surface area contributed by atoms with Gasteiger partial charge >= 0.3 is 11.9 Å². The highest BCUT2D eigenvalue weighted by Crippen LogP contribution is 2.37. The number of hydrogen-bond donors (Lipinski definition) is 1. The molecule has 13 heteroatoms. The lowest BCUT2D eigenvalue weighted by atomic mass is 10.2. The number of nitrogens with zero attached hydrogens (tertiary/aromatic N) is 3. The Morgan fingerprint density at radius 3 is 2.31 bits per heavy atom. The maximum Gasteiger partial charge on any atom is 0.417 e. The Morgan fingerprint density at radius 1 is 1.09 bits per heavy atom. The second kappa shape index (κ2) is 8.17. The smallest absolute Gasteiger partial charge is 0.324 e. The van der Waals surface area contributed by atoms with E-state index in [-0.39, 0.29) is 17.1 Å². The summed E-state index contributed by atoms with van der Waals surface area (Å²) in [7, 11) is -0.963. The molecule has 0 radical (unpaired) electrons. The summed E-state index contributed by atoms with van der Waals surface area (Å²) in [5.41, 5.74) is -0.419. The minimum Gasteiger partial charge on any atom is -0.324 e. The maximum atomic E-state index is 13.2. The zero-order valence-corrected chi connectivity index (χ0v) is 18.6. The molecule has 0 aliphatic rings. The predicted octanol–water partition coefficient (Wildman–Crippen LogP) is 2.95. The van der Waals surface area contributed by atoms with E-state index >= 15 is 0 Å². The highest BCUT2D eigenvalue weighted by molar-refractivity contribution is 7.92. The zero-order chi connectivity index (χ0) is 24.0. The number of hydrogen-bond acceptors (Lipinski definition) is 4. The first-order valence-electron chi connectivity index (χ1n) is 9.00. The molecule has 32 heavy (non-hydrogen) atoms. The molecule has 1 amide bonds. The molecule has 1 heterocycles. The number of carbonyl (C=O) groups excluding carboxylic acids is 1. The third-order valence-electron chi connectivity index (χ3n) is 4.79. The van der Waals surface area contributed by atoms with Crippen LogP contribution in [-0.2, 0) is 35.1 Å². The van der Waals surface area contributed by atoms with Gasteiger partial charge in [0, 0.05) is 19.8 Å².